The molecule has 1 atom stereocenters. The number of aromatic nitrogens is 2. The first-order valence-electron chi connectivity index (χ1n) is 7.16. The van der Waals surface area contributed by atoms with Gasteiger partial charge in [-0.2, -0.15) is 0 Å². The number of nitrogens with zero attached hydrogens (tertiary/aromatic N) is 2. The van der Waals surface area contributed by atoms with Gasteiger partial charge in [0.1, 0.15) is 5.01 Å². The van der Waals surface area contributed by atoms with E-state index in [2.05, 4.69) is 58.8 Å². The van der Waals surface area contributed by atoms with Crippen molar-refractivity contribution in [2.75, 3.05) is 0 Å². The topological polar surface area (TPSA) is 37.8 Å². The number of hydrogen-bond acceptors (Lipinski definition) is 4. The molecule has 3 rings (SSSR count). The molecule has 0 radical (unpaired) electrons. The molecule has 2 aromatic heterocycles. The third-order valence-corrected chi connectivity index (χ3v) is 4.37. The predicted octanol–water partition coefficient (Wildman–Crippen LogP) is 4.09. The molecule has 1 unspecified atom stereocenters. The average Bonchev–Trinajstić information content (AvgIpc) is 2.90. The fourth-order valence-corrected chi connectivity index (χ4v) is 3.30. The summed E-state index contributed by atoms with van der Waals surface area (Å²) in [6, 6.07) is 11.0. The zero-order valence-electron chi connectivity index (χ0n) is 12.5. The summed E-state index contributed by atoms with van der Waals surface area (Å²) in [5, 5.41) is 8.00. The van der Waals surface area contributed by atoms with Crippen LogP contribution < -0.4 is 5.32 Å². The fourth-order valence-electron chi connectivity index (χ4n) is 2.42. The first-order valence-corrected chi connectivity index (χ1v) is 8.04. The molecule has 0 fully saturated rings. The highest BCUT2D eigenvalue weighted by molar-refractivity contribution is 7.09. The number of fused-ring (bicyclic) bond motifs is 1. The van der Waals surface area contributed by atoms with E-state index in [0.29, 0.717) is 6.04 Å². The number of thiazole rings is 1. The van der Waals surface area contributed by atoms with E-state index >= 15 is 0 Å². The fraction of sp³-hybridized carbons (Fsp3) is 0.294. The van der Waals surface area contributed by atoms with Crippen molar-refractivity contribution in [3.63, 3.8) is 0 Å². The minimum atomic E-state index is 0.133. The molecule has 4 heteroatoms. The van der Waals surface area contributed by atoms with Crippen molar-refractivity contribution >= 4 is 22.2 Å². The molecule has 3 nitrogen and oxygen atoms in total. The summed E-state index contributed by atoms with van der Waals surface area (Å²) in [6.07, 6.45) is 1.83. The van der Waals surface area contributed by atoms with Crippen LogP contribution in [-0.2, 0) is 0 Å². The van der Waals surface area contributed by atoms with Gasteiger partial charge in [0.05, 0.1) is 11.6 Å². The molecule has 1 aromatic carbocycles. The highest BCUT2D eigenvalue weighted by atomic mass is 32.1. The molecule has 0 spiro atoms. The Morgan fingerprint density at radius 3 is 2.76 bits per heavy atom. The van der Waals surface area contributed by atoms with Crippen molar-refractivity contribution in [2.24, 2.45) is 0 Å². The second-order valence-corrected chi connectivity index (χ2v) is 6.43. The van der Waals surface area contributed by atoms with Gasteiger partial charge in [0.15, 0.2) is 0 Å². The van der Waals surface area contributed by atoms with E-state index in [1.165, 1.54) is 10.9 Å². The van der Waals surface area contributed by atoms with Gasteiger partial charge in [-0.05, 0) is 44.5 Å². The molecule has 21 heavy (non-hydrogen) atoms. The van der Waals surface area contributed by atoms with E-state index in [0.717, 1.165) is 16.2 Å². The quantitative estimate of drug-likeness (QED) is 0.788. The third kappa shape index (κ3) is 3.12. The Bertz CT molecular complexity index is 748. The van der Waals surface area contributed by atoms with Crippen molar-refractivity contribution in [3.8, 4) is 0 Å². The Hall–Kier alpha value is -1.78. The Kier molecular flexibility index (Phi) is 3.99. The second-order valence-electron chi connectivity index (χ2n) is 5.54. The van der Waals surface area contributed by atoms with Crippen molar-refractivity contribution in [3.05, 3.63) is 58.2 Å². The summed E-state index contributed by atoms with van der Waals surface area (Å²) >= 11 is 1.71. The van der Waals surface area contributed by atoms with E-state index in [1.54, 1.807) is 11.3 Å². The van der Waals surface area contributed by atoms with Crippen molar-refractivity contribution in [1.29, 1.82) is 0 Å². The number of hydrogen-bond donors (Lipinski definition) is 1. The van der Waals surface area contributed by atoms with Crippen LogP contribution >= 0.6 is 11.3 Å². The summed E-state index contributed by atoms with van der Waals surface area (Å²) < 4.78 is 0. The van der Waals surface area contributed by atoms with Gasteiger partial charge in [-0.25, -0.2) is 4.98 Å². The zero-order chi connectivity index (χ0) is 14.8. The molecule has 0 amide bonds. The lowest BCUT2D eigenvalue weighted by Crippen LogP contribution is -2.28. The van der Waals surface area contributed by atoms with Crippen LogP contribution in [0.4, 0.5) is 0 Å². The summed E-state index contributed by atoms with van der Waals surface area (Å²) in [5.74, 6) is 0. The highest BCUT2D eigenvalue weighted by Crippen LogP contribution is 2.27. The number of rotatable bonds is 4. The Labute approximate surface area is 129 Å². The van der Waals surface area contributed by atoms with Gasteiger partial charge in [0, 0.05) is 28.7 Å². The second kappa shape index (κ2) is 5.92. The lowest BCUT2D eigenvalue weighted by atomic mass is 10.0. The first-order chi connectivity index (χ1) is 10.1. The van der Waals surface area contributed by atoms with E-state index in [4.69, 9.17) is 0 Å². The molecule has 0 aliphatic heterocycles. The highest BCUT2D eigenvalue weighted by Gasteiger charge is 2.18. The maximum Gasteiger partial charge on any atom is 0.114 e. The lowest BCUT2D eigenvalue weighted by Gasteiger charge is -2.20. The molecular weight excluding hydrogens is 278 g/mol. The molecule has 1 N–H and O–H groups in total. The van der Waals surface area contributed by atoms with Crippen LogP contribution in [0.1, 0.15) is 36.2 Å². The number of aryl methyl sites for hydroxylation is 1. The van der Waals surface area contributed by atoms with E-state index in [1.807, 2.05) is 19.2 Å². The van der Waals surface area contributed by atoms with Gasteiger partial charge >= 0.3 is 0 Å². The molecular formula is C17H19N3S. The van der Waals surface area contributed by atoms with Gasteiger partial charge in [0.25, 0.3) is 0 Å². The van der Waals surface area contributed by atoms with Crippen LogP contribution in [-0.4, -0.2) is 16.0 Å². The largest absolute Gasteiger partial charge is 0.302 e. The Balaban J connectivity index is 2.05. The summed E-state index contributed by atoms with van der Waals surface area (Å²) in [5.41, 5.74) is 3.34. The maximum absolute atomic E-state index is 4.66. The zero-order valence-corrected chi connectivity index (χ0v) is 13.3. The molecule has 0 bridgehead atoms. The minimum Gasteiger partial charge on any atom is -0.302 e. The number of pyridine rings is 1. The van der Waals surface area contributed by atoms with Gasteiger partial charge in [-0.15, -0.1) is 11.3 Å². The van der Waals surface area contributed by atoms with Gasteiger partial charge in [-0.3, -0.25) is 4.98 Å². The van der Waals surface area contributed by atoms with E-state index < -0.39 is 0 Å². The molecule has 3 aromatic rings. The average molecular weight is 297 g/mol. The number of benzene rings is 1. The number of nitrogens with one attached hydrogen (secondary N) is 1. The summed E-state index contributed by atoms with van der Waals surface area (Å²) in [6.45, 7) is 6.36. The third-order valence-electron chi connectivity index (χ3n) is 3.34. The molecule has 2 heterocycles. The minimum absolute atomic E-state index is 0.133. The maximum atomic E-state index is 4.66. The van der Waals surface area contributed by atoms with Crippen molar-refractivity contribution < 1.29 is 0 Å². The van der Waals surface area contributed by atoms with Crippen LogP contribution in [0.25, 0.3) is 10.9 Å². The van der Waals surface area contributed by atoms with Gasteiger partial charge in [-0.1, -0.05) is 12.1 Å². The first kappa shape index (κ1) is 14.2. The smallest absolute Gasteiger partial charge is 0.114 e. The van der Waals surface area contributed by atoms with E-state index in [9.17, 15) is 0 Å². The van der Waals surface area contributed by atoms with Crippen LogP contribution in [0.5, 0.6) is 0 Å². The predicted molar refractivity (Wildman–Crippen MR) is 88.7 cm³/mol. The van der Waals surface area contributed by atoms with Crippen LogP contribution in [0.3, 0.4) is 0 Å². The van der Waals surface area contributed by atoms with Crippen LogP contribution in [0.2, 0.25) is 0 Å². The molecule has 0 saturated heterocycles. The molecule has 0 aliphatic carbocycles. The van der Waals surface area contributed by atoms with Gasteiger partial charge in [0.2, 0.25) is 0 Å². The standard InChI is InChI=1S/C17H19N3S/c1-11(2)19-16(17-20-12(3)10-21-17)14-6-7-15-13(9-14)5-4-8-18-15/h4-11,16,19H,1-3H3. The normalized spacial score (nSPS) is 13.0. The molecule has 0 saturated carbocycles. The van der Waals surface area contributed by atoms with Crippen molar-refractivity contribution in [2.45, 2.75) is 32.9 Å². The summed E-state index contributed by atoms with van der Waals surface area (Å²) in [4.78, 5) is 9.05. The van der Waals surface area contributed by atoms with Crippen LogP contribution in [0, 0.1) is 6.92 Å². The monoisotopic (exact) mass is 297 g/mol. The summed E-state index contributed by atoms with van der Waals surface area (Å²) in [7, 11) is 0. The Morgan fingerprint density at radius 1 is 1.19 bits per heavy atom. The SMILES string of the molecule is Cc1csc(C(NC(C)C)c2ccc3ncccc3c2)n1. The van der Waals surface area contributed by atoms with Gasteiger partial charge < -0.3 is 5.32 Å². The lowest BCUT2D eigenvalue weighted by molar-refractivity contribution is 0.527. The molecule has 108 valence electrons. The van der Waals surface area contributed by atoms with Crippen molar-refractivity contribution in [1.82, 2.24) is 15.3 Å². The van der Waals surface area contributed by atoms with Crippen LogP contribution in [0.15, 0.2) is 41.9 Å². The molecule has 0 aliphatic rings. The van der Waals surface area contributed by atoms with E-state index in [-0.39, 0.29) is 6.04 Å². The Morgan fingerprint density at radius 2 is 2.05 bits per heavy atom.